The molecule has 6 rings (SSSR count). The second-order valence-electron chi connectivity index (χ2n) is 9.27. The van der Waals surface area contributed by atoms with Crippen LogP contribution in [-0.2, 0) is 9.59 Å². The van der Waals surface area contributed by atoms with Gasteiger partial charge in [-0.2, -0.15) is 0 Å². The van der Waals surface area contributed by atoms with Gasteiger partial charge in [0.1, 0.15) is 11.5 Å². The summed E-state index contributed by atoms with van der Waals surface area (Å²) in [6, 6.07) is 22.8. The number of halogens is 1. The van der Waals surface area contributed by atoms with Gasteiger partial charge in [-0.25, -0.2) is 4.90 Å². The summed E-state index contributed by atoms with van der Waals surface area (Å²) < 4.78 is 10.7. The average molecular weight is 498 g/mol. The molecule has 1 saturated carbocycles. The Morgan fingerprint density at radius 2 is 1.25 bits per heavy atom. The first-order chi connectivity index (χ1) is 17.5. The van der Waals surface area contributed by atoms with Crippen LogP contribution in [0.25, 0.3) is 5.57 Å². The predicted octanol–water partition coefficient (Wildman–Crippen LogP) is 5.78. The van der Waals surface area contributed by atoms with E-state index in [0.29, 0.717) is 10.7 Å². The van der Waals surface area contributed by atoms with Gasteiger partial charge in [0, 0.05) is 16.9 Å². The Labute approximate surface area is 214 Å². The molecule has 6 heteroatoms. The Morgan fingerprint density at radius 3 is 1.69 bits per heavy atom. The number of nitrogens with zero attached hydrogens (tertiary/aromatic N) is 1. The number of anilines is 1. The molecule has 5 nitrogen and oxygen atoms in total. The maximum absolute atomic E-state index is 13.7. The number of amides is 2. The molecule has 2 aliphatic carbocycles. The summed E-state index contributed by atoms with van der Waals surface area (Å²) in [5.41, 5.74) is 4.72. The van der Waals surface area contributed by atoms with E-state index in [0.717, 1.165) is 33.8 Å². The molecule has 1 saturated heterocycles. The molecule has 3 aliphatic rings. The Kier molecular flexibility index (Phi) is 5.45. The summed E-state index contributed by atoms with van der Waals surface area (Å²) >= 11 is 6.17. The number of methoxy groups -OCH3 is 2. The predicted molar refractivity (Wildman–Crippen MR) is 139 cm³/mol. The van der Waals surface area contributed by atoms with E-state index >= 15 is 0 Å². The van der Waals surface area contributed by atoms with E-state index in [4.69, 9.17) is 21.1 Å². The standard InChI is InChI=1S/C30H24ClNO4/c1-35-21-10-6-17(7-11-21)25(18-8-12-22(36-2)13-9-18)26-23-14-15-24(26)28-27(23)29(33)32(30(28)34)20-5-3-4-19(31)16-20/h3-16,23-24,27-28H,1-2H3/t23-,24-,27+,28+/m1/s1. The largest absolute Gasteiger partial charge is 0.497 e. The van der Waals surface area contributed by atoms with Crippen molar-refractivity contribution >= 4 is 34.7 Å². The molecule has 1 aliphatic heterocycles. The normalized spacial score (nSPS) is 23.9. The van der Waals surface area contributed by atoms with Gasteiger partial charge in [0.15, 0.2) is 0 Å². The number of carbonyl (C=O) groups excluding carboxylic acids is 2. The number of allylic oxidation sites excluding steroid dienone is 3. The van der Waals surface area contributed by atoms with Crippen LogP contribution in [0.5, 0.6) is 11.5 Å². The van der Waals surface area contributed by atoms with E-state index in [1.165, 1.54) is 4.90 Å². The second kappa shape index (κ2) is 8.68. The number of imide groups is 1. The van der Waals surface area contributed by atoms with E-state index in [1.54, 1.807) is 38.5 Å². The first-order valence-electron chi connectivity index (χ1n) is 11.9. The molecule has 4 atom stereocenters. The smallest absolute Gasteiger partial charge is 0.238 e. The molecular weight excluding hydrogens is 474 g/mol. The van der Waals surface area contributed by atoms with Crippen LogP contribution in [0.2, 0.25) is 5.02 Å². The van der Waals surface area contributed by atoms with Gasteiger partial charge in [0.05, 0.1) is 31.7 Å². The number of ether oxygens (including phenoxy) is 2. The molecule has 0 spiro atoms. The van der Waals surface area contributed by atoms with E-state index in [9.17, 15) is 9.59 Å². The monoisotopic (exact) mass is 497 g/mol. The van der Waals surface area contributed by atoms with Crippen molar-refractivity contribution in [3.63, 3.8) is 0 Å². The Bertz CT molecular complexity index is 1340. The zero-order chi connectivity index (χ0) is 25.0. The van der Waals surface area contributed by atoms with Crippen LogP contribution in [0.1, 0.15) is 11.1 Å². The minimum absolute atomic E-state index is 0.153. The summed E-state index contributed by atoms with van der Waals surface area (Å²) in [5, 5.41) is 0.494. The summed E-state index contributed by atoms with van der Waals surface area (Å²) in [6.07, 6.45) is 4.20. The third-order valence-electron chi connectivity index (χ3n) is 7.53. The molecule has 180 valence electrons. The Morgan fingerprint density at radius 1 is 0.750 bits per heavy atom. The van der Waals surface area contributed by atoms with Gasteiger partial charge in [0.2, 0.25) is 11.8 Å². The van der Waals surface area contributed by atoms with Gasteiger partial charge < -0.3 is 9.47 Å². The minimum Gasteiger partial charge on any atom is -0.497 e. The Hall–Kier alpha value is -3.83. The molecular formula is C30H24ClNO4. The Balaban J connectivity index is 1.48. The van der Waals surface area contributed by atoms with Gasteiger partial charge in [-0.15, -0.1) is 0 Å². The maximum Gasteiger partial charge on any atom is 0.238 e. The van der Waals surface area contributed by atoms with Crippen molar-refractivity contribution in [2.24, 2.45) is 23.7 Å². The lowest BCUT2D eigenvalue weighted by Crippen LogP contribution is -2.33. The van der Waals surface area contributed by atoms with Gasteiger partial charge in [-0.05, 0) is 64.7 Å². The fourth-order valence-corrected chi connectivity index (χ4v) is 6.17. The number of fused-ring (bicyclic) bond motifs is 5. The van der Waals surface area contributed by atoms with Crippen LogP contribution in [0.15, 0.2) is 90.5 Å². The zero-order valence-electron chi connectivity index (χ0n) is 19.9. The molecule has 2 amide bonds. The minimum atomic E-state index is -0.423. The van der Waals surface area contributed by atoms with Crippen LogP contribution in [0, 0.1) is 23.7 Å². The van der Waals surface area contributed by atoms with Gasteiger partial charge >= 0.3 is 0 Å². The number of carbonyl (C=O) groups is 2. The van der Waals surface area contributed by atoms with E-state index in [-0.39, 0.29) is 23.7 Å². The first kappa shape index (κ1) is 22.6. The van der Waals surface area contributed by atoms with Gasteiger partial charge in [-0.1, -0.05) is 54.1 Å². The summed E-state index contributed by atoms with van der Waals surface area (Å²) in [6.45, 7) is 0. The molecule has 3 aromatic carbocycles. The van der Waals surface area contributed by atoms with Gasteiger partial charge in [0.25, 0.3) is 0 Å². The SMILES string of the molecule is COc1ccc(C(=C2[C@H]3C=C[C@H]2[C@@H]2C(=O)N(c4cccc(Cl)c4)C(=O)[C@H]23)c2ccc(OC)cc2)cc1. The molecule has 0 unspecified atom stereocenters. The highest BCUT2D eigenvalue weighted by Crippen LogP contribution is 2.59. The molecule has 3 aromatic rings. The van der Waals surface area contributed by atoms with Crippen LogP contribution < -0.4 is 14.4 Å². The summed E-state index contributed by atoms with van der Waals surface area (Å²) in [4.78, 5) is 28.7. The molecule has 2 fully saturated rings. The zero-order valence-corrected chi connectivity index (χ0v) is 20.6. The highest BCUT2D eigenvalue weighted by molar-refractivity contribution is 6.31. The van der Waals surface area contributed by atoms with Crippen molar-refractivity contribution in [1.82, 2.24) is 0 Å². The average Bonchev–Trinajstić information content (AvgIpc) is 3.54. The lowest BCUT2D eigenvalue weighted by Gasteiger charge is -2.22. The topological polar surface area (TPSA) is 55.8 Å². The lowest BCUT2D eigenvalue weighted by atomic mass is 9.85. The third-order valence-corrected chi connectivity index (χ3v) is 7.76. The van der Waals surface area contributed by atoms with E-state index < -0.39 is 11.8 Å². The van der Waals surface area contributed by atoms with Crippen molar-refractivity contribution in [3.8, 4) is 11.5 Å². The quantitative estimate of drug-likeness (QED) is 0.331. The van der Waals surface area contributed by atoms with Crippen molar-refractivity contribution < 1.29 is 19.1 Å². The number of rotatable bonds is 5. The first-order valence-corrected chi connectivity index (χ1v) is 12.2. The summed E-state index contributed by atoms with van der Waals surface area (Å²) in [7, 11) is 3.28. The van der Waals surface area contributed by atoms with Crippen LogP contribution >= 0.6 is 11.6 Å². The molecule has 36 heavy (non-hydrogen) atoms. The van der Waals surface area contributed by atoms with E-state index in [2.05, 4.69) is 12.2 Å². The molecule has 2 bridgehead atoms. The van der Waals surface area contributed by atoms with Crippen molar-refractivity contribution in [2.75, 3.05) is 19.1 Å². The van der Waals surface area contributed by atoms with E-state index in [1.807, 2.05) is 48.5 Å². The number of hydrogen-bond acceptors (Lipinski definition) is 4. The highest BCUT2D eigenvalue weighted by Gasteiger charge is 2.62. The second-order valence-corrected chi connectivity index (χ2v) is 9.70. The molecule has 0 radical (unpaired) electrons. The van der Waals surface area contributed by atoms with Crippen LogP contribution in [0.4, 0.5) is 5.69 Å². The van der Waals surface area contributed by atoms with Crippen LogP contribution in [-0.4, -0.2) is 26.0 Å². The molecule has 0 N–H and O–H groups in total. The van der Waals surface area contributed by atoms with Gasteiger partial charge in [-0.3, -0.25) is 9.59 Å². The van der Waals surface area contributed by atoms with Crippen molar-refractivity contribution in [2.45, 2.75) is 0 Å². The molecule has 1 heterocycles. The van der Waals surface area contributed by atoms with Crippen molar-refractivity contribution in [3.05, 3.63) is 107 Å². The third kappa shape index (κ3) is 3.38. The maximum atomic E-state index is 13.7. The lowest BCUT2D eigenvalue weighted by molar-refractivity contribution is -0.122. The van der Waals surface area contributed by atoms with Crippen molar-refractivity contribution in [1.29, 1.82) is 0 Å². The number of benzene rings is 3. The highest BCUT2D eigenvalue weighted by atomic mass is 35.5. The fourth-order valence-electron chi connectivity index (χ4n) is 5.98. The fraction of sp³-hybridized carbons (Fsp3) is 0.200. The number of hydrogen-bond donors (Lipinski definition) is 0. The van der Waals surface area contributed by atoms with Crippen LogP contribution in [0.3, 0.4) is 0 Å². The molecule has 0 aromatic heterocycles. The summed E-state index contributed by atoms with van der Waals surface area (Å²) in [5.74, 6) is 0.0611.